The zero-order valence-electron chi connectivity index (χ0n) is 12.2. The highest BCUT2D eigenvalue weighted by molar-refractivity contribution is 7.32. The first-order valence-electron chi connectivity index (χ1n) is 7.43. The fourth-order valence-electron chi connectivity index (χ4n) is 2.18. The van der Waals surface area contributed by atoms with E-state index in [1.165, 1.54) is 51.4 Å². The average molecular weight is 277 g/mol. The Hall–Kier alpha value is 0.0200. The van der Waals surface area contributed by atoms with Crippen molar-refractivity contribution < 1.29 is 14.0 Å². The van der Waals surface area contributed by atoms with Gasteiger partial charge in [0, 0.05) is 4.57 Å². The fraction of sp³-hybridized carbons (Fsp3) is 1.00. The molecule has 0 aromatic carbocycles. The molecule has 108 valence electrons. The van der Waals surface area contributed by atoms with Gasteiger partial charge in [0.05, 0.1) is 0 Å². The van der Waals surface area contributed by atoms with Crippen molar-refractivity contribution >= 4 is 8.25 Å². The van der Waals surface area contributed by atoms with Crippen molar-refractivity contribution in [3.05, 3.63) is 0 Å². The number of hydrogen-bond donors (Lipinski definition) is 1. The van der Waals surface area contributed by atoms with Gasteiger partial charge in [0.15, 0.2) is 0 Å². The monoisotopic (exact) mass is 277 g/mol. The Kier molecular flexibility index (Phi) is 12.1. The third kappa shape index (κ3) is 11.1. The lowest BCUT2D eigenvalue weighted by Gasteiger charge is -2.17. The first kappa shape index (κ1) is 18.0. The van der Waals surface area contributed by atoms with Crippen LogP contribution in [0.1, 0.15) is 78.6 Å². The Morgan fingerprint density at radius 1 is 1.17 bits per heavy atom. The number of hydrogen-bond acceptors (Lipinski definition) is 2. The highest BCUT2D eigenvalue weighted by atomic mass is 31.1. The molecule has 2 atom stereocenters. The van der Waals surface area contributed by atoms with Crippen LogP contribution in [0, 0.1) is 5.92 Å². The van der Waals surface area contributed by atoms with Crippen LogP contribution in [0.5, 0.6) is 0 Å². The summed E-state index contributed by atoms with van der Waals surface area (Å²) < 4.78 is 14.4. The van der Waals surface area contributed by atoms with Crippen LogP contribution >= 0.6 is 8.25 Å². The van der Waals surface area contributed by atoms with E-state index in [-0.39, 0.29) is 6.10 Å². The molecule has 1 aliphatic carbocycles. The smallest absolute Gasteiger partial charge is 0.133 e. The first-order chi connectivity index (χ1) is 8.60. The third-order valence-corrected chi connectivity index (χ3v) is 4.19. The highest BCUT2D eigenvalue weighted by Gasteiger charge is 2.16. The van der Waals surface area contributed by atoms with Gasteiger partial charge < -0.3 is 0 Å². The van der Waals surface area contributed by atoms with Gasteiger partial charge in [0.1, 0.15) is 6.10 Å². The van der Waals surface area contributed by atoms with Gasteiger partial charge in [-0.3, -0.25) is 0 Å². The van der Waals surface area contributed by atoms with E-state index < -0.39 is 8.25 Å². The largest absolute Gasteiger partial charge is 0.694 e. The second-order valence-electron chi connectivity index (χ2n) is 5.18. The zero-order valence-corrected chi connectivity index (χ0v) is 13.1. The lowest BCUT2D eigenvalue weighted by Crippen LogP contribution is -2.01. The van der Waals surface area contributed by atoms with Crippen molar-refractivity contribution in [1.82, 2.24) is 0 Å². The molecule has 0 spiro atoms. The lowest BCUT2D eigenvalue weighted by molar-refractivity contribution is 0.202. The summed E-state index contributed by atoms with van der Waals surface area (Å²) in [5, 5.41) is 0. The maximum atomic E-state index is 9.89. The van der Waals surface area contributed by atoms with Crippen LogP contribution < -0.4 is 0 Å². The van der Waals surface area contributed by atoms with Gasteiger partial charge in [-0.05, 0) is 19.3 Å². The molecule has 1 fully saturated rings. The van der Waals surface area contributed by atoms with E-state index in [0.717, 1.165) is 12.3 Å². The summed E-state index contributed by atoms with van der Waals surface area (Å²) in [5.74, 6) is 1.07. The second kappa shape index (κ2) is 12.1. The summed E-state index contributed by atoms with van der Waals surface area (Å²) >= 11 is 0. The van der Waals surface area contributed by atoms with Crippen LogP contribution in [0.15, 0.2) is 0 Å². The predicted molar refractivity (Wildman–Crippen MR) is 76.8 cm³/mol. The van der Waals surface area contributed by atoms with Crippen molar-refractivity contribution in [3.8, 4) is 0 Å². The quantitative estimate of drug-likeness (QED) is 0.718. The standard InChI is InChI=1S/C10H20.C4H9O3P/c1-2-10-8-6-4-3-5-7-9-10;1-3-4(2)7-8(5)6/h10H,2-9H2,1H3;4H,3H2,1-2H3/p+1. The van der Waals surface area contributed by atoms with Crippen LogP contribution in [0.4, 0.5) is 0 Å². The fourth-order valence-corrected chi connectivity index (χ4v) is 2.63. The summed E-state index contributed by atoms with van der Waals surface area (Å²) in [4.78, 5) is 8.14. The second-order valence-corrected chi connectivity index (χ2v) is 5.87. The van der Waals surface area contributed by atoms with Crippen LogP contribution in [0.2, 0.25) is 0 Å². The van der Waals surface area contributed by atoms with Crippen molar-refractivity contribution in [2.75, 3.05) is 0 Å². The topological polar surface area (TPSA) is 46.5 Å². The Labute approximate surface area is 113 Å². The molecule has 1 N–H and O–H groups in total. The molecule has 0 heterocycles. The maximum Gasteiger partial charge on any atom is 0.694 e. The van der Waals surface area contributed by atoms with Crippen molar-refractivity contribution in [3.63, 3.8) is 0 Å². The van der Waals surface area contributed by atoms with Crippen LogP contribution in [-0.4, -0.2) is 11.0 Å². The van der Waals surface area contributed by atoms with E-state index >= 15 is 0 Å². The summed E-state index contributed by atoms with van der Waals surface area (Å²) in [6.45, 7) is 5.99. The molecule has 0 aromatic heterocycles. The van der Waals surface area contributed by atoms with E-state index in [9.17, 15) is 4.57 Å². The first-order valence-corrected chi connectivity index (χ1v) is 8.56. The Bertz CT molecular complexity index is 201. The molecule has 0 saturated heterocycles. The molecule has 1 aliphatic rings. The molecule has 2 unspecified atom stereocenters. The molecule has 0 amide bonds. The Balaban J connectivity index is 0.000000331. The van der Waals surface area contributed by atoms with Gasteiger partial charge >= 0.3 is 8.25 Å². The minimum absolute atomic E-state index is 0.108. The molecule has 4 heteroatoms. The summed E-state index contributed by atoms with van der Waals surface area (Å²) in [7, 11) is -2.40. The molecular weight excluding hydrogens is 247 g/mol. The molecule has 0 aliphatic heterocycles. The van der Waals surface area contributed by atoms with Gasteiger partial charge in [0.2, 0.25) is 0 Å². The maximum absolute atomic E-state index is 9.89. The minimum Gasteiger partial charge on any atom is -0.133 e. The van der Waals surface area contributed by atoms with Crippen molar-refractivity contribution in [2.45, 2.75) is 84.7 Å². The molecule has 0 bridgehead atoms. The lowest BCUT2D eigenvalue weighted by atomic mass is 9.90. The van der Waals surface area contributed by atoms with Gasteiger partial charge in [0.25, 0.3) is 0 Å². The van der Waals surface area contributed by atoms with Gasteiger partial charge in [-0.25, -0.2) is 0 Å². The van der Waals surface area contributed by atoms with E-state index in [0.29, 0.717) is 0 Å². The summed E-state index contributed by atoms with van der Waals surface area (Å²) in [6, 6.07) is 0. The van der Waals surface area contributed by atoms with E-state index in [4.69, 9.17) is 4.89 Å². The summed E-state index contributed by atoms with van der Waals surface area (Å²) in [6.07, 6.45) is 12.6. The molecule has 1 rings (SSSR count). The highest BCUT2D eigenvalue weighted by Crippen LogP contribution is 2.24. The number of rotatable bonds is 4. The Morgan fingerprint density at radius 2 is 1.67 bits per heavy atom. The van der Waals surface area contributed by atoms with E-state index in [1.54, 1.807) is 6.92 Å². The third-order valence-electron chi connectivity index (χ3n) is 3.65. The molecule has 0 aromatic rings. The summed E-state index contributed by atoms with van der Waals surface area (Å²) in [5.41, 5.74) is 0. The minimum atomic E-state index is -2.40. The van der Waals surface area contributed by atoms with E-state index in [1.807, 2.05) is 6.92 Å². The average Bonchev–Trinajstić information content (AvgIpc) is 2.28. The van der Waals surface area contributed by atoms with Crippen molar-refractivity contribution in [1.29, 1.82) is 0 Å². The normalized spacial score (nSPS) is 20.1. The molecule has 3 nitrogen and oxygen atoms in total. The van der Waals surface area contributed by atoms with Crippen LogP contribution in [-0.2, 0) is 9.09 Å². The Morgan fingerprint density at radius 3 is 2.00 bits per heavy atom. The van der Waals surface area contributed by atoms with Gasteiger partial charge in [-0.2, -0.15) is 0 Å². The molecule has 1 saturated carbocycles. The van der Waals surface area contributed by atoms with Crippen LogP contribution in [0.25, 0.3) is 0 Å². The molecular formula is C14H30O3P+. The van der Waals surface area contributed by atoms with Gasteiger partial charge in [-0.15, -0.1) is 9.42 Å². The molecule has 18 heavy (non-hydrogen) atoms. The molecule has 0 radical (unpaired) electrons. The zero-order chi connectivity index (χ0) is 13.8. The van der Waals surface area contributed by atoms with Gasteiger partial charge in [-0.1, -0.05) is 65.2 Å². The van der Waals surface area contributed by atoms with E-state index in [2.05, 4.69) is 11.4 Å². The SMILES string of the molecule is CCC(C)O[P+](=O)O.CCC1CCCCCCC1. The predicted octanol–water partition coefficient (Wildman–Crippen LogP) is 5.21. The van der Waals surface area contributed by atoms with Crippen LogP contribution in [0.3, 0.4) is 0 Å². The van der Waals surface area contributed by atoms with Crippen molar-refractivity contribution in [2.24, 2.45) is 5.92 Å².